The number of hydrogen-bond acceptors (Lipinski definition) is 8. The van der Waals surface area contributed by atoms with Gasteiger partial charge in [-0.1, -0.05) is 13.8 Å². The lowest BCUT2D eigenvalue weighted by molar-refractivity contribution is -0.118. The molecule has 0 aromatic carbocycles. The molecular weight excluding hydrogens is 394 g/mol. The zero-order chi connectivity index (χ0) is 22.1. The minimum Gasteiger partial charge on any atom is -0.492 e. The molecule has 0 saturated heterocycles. The molecule has 1 aliphatic heterocycles. The molecule has 0 bridgehead atoms. The minimum absolute atomic E-state index is 0.0169. The first kappa shape index (κ1) is 20.8. The highest BCUT2D eigenvalue weighted by Gasteiger charge is 2.36. The van der Waals surface area contributed by atoms with E-state index < -0.39 is 0 Å². The van der Waals surface area contributed by atoms with Crippen LogP contribution in [0, 0.1) is 30.1 Å². The van der Waals surface area contributed by atoms with Crippen molar-refractivity contribution in [2.24, 2.45) is 11.8 Å². The Hall–Kier alpha value is -3.41. The van der Waals surface area contributed by atoms with E-state index in [1.54, 1.807) is 18.3 Å². The highest BCUT2D eigenvalue weighted by atomic mass is 16.5. The lowest BCUT2D eigenvalue weighted by Crippen LogP contribution is -2.50. The highest BCUT2D eigenvalue weighted by Crippen LogP contribution is 2.35. The van der Waals surface area contributed by atoms with Crippen molar-refractivity contribution in [3.8, 4) is 11.8 Å². The normalized spacial score (nSPS) is 22.3. The fourth-order valence-corrected chi connectivity index (χ4v) is 4.20. The number of pyridine rings is 1. The standard InChI is InChI=1S/C22H27N7O2/c1-12(2)19-21(30)27-18-13(3)25-22(28-20(18)29(19)4)26-16-7-14(8-16)11-31-17-6-5-15(9-23)24-10-17/h5-6,10,12,14,16,19H,7-8,11H2,1-4H3,(H,27,30)(H,25,26,28)/t14-,16+,19-/m0/s1. The van der Waals surface area contributed by atoms with Crippen LogP contribution in [-0.2, 0) is 4.79 Å². The zero-order valence-corrected chi connectivity index (χ0v) is 18.2. The van der Waals surface area contributed by atoms with Gasteiger partial charge in [-0.3, -0.25) is 4.79 Å². The van der Waals surface area contributed by atoms with Crippen molar-refractivity contribution in [3.63, 3.8) is 0 Å². The Morgan fingerprint density at radius 3 is 2.77 bits per heavy atom. The van der Waals surface area contributed by atoms with E-state index in [0.29, 0.717) is 35.6 Å². The monoisotopic (exact) mass is 421 g/mol. The fourth-order valence-electron chi connectivity index (χ4n) is 4.20. The summed E-state index contributed by atoms with van der Waals surface area (Å²) in [5, 5.41) is 15.2. The molecule has 0 spiro atoms. The van der Waals surface area contributed by atoms with Crippen LogP contribution in [0.1, 0.15) is 38.1 Å². The van der Waals surface area contributed by atoms with Gasteiger partial charge in [0.15, 0.2) is 5.82 Å². The number of likely N-dealkylation sites (N-methyl/N-ethyl adjacent to an activating group) is 1. The van der Waals surface area contributed by atoms with Gasteiger partial charge in [0.05, 0.1) is 18.5 Å². The molecular formula is C22H27N7O2. The second kappa shape index (κ2) is 8.38. The number of nitrogens with zero attached hydrogens (tertiary/aromatic N) is 5. The third-order valence-electron chi connectivity index (χ3n) is 5.88. The number of aromatic nitrogens is 3. The largest absolute Gasteiger partial charge is 0.492 e. The molecule has 4 rings (SSSR count). The summed E-state index contributed by atoms with van der Waals surface area (Å²) in [6.07, 6.45) is 3.51. The number of carbonyl (C=O) groups is 1. The summed E-state index contributed by atoms with van der Waals surface area (Å²) in [6, 6.07) is 5.45. The van der Waals surface area contributed by atoms with E-state index in [2.05, 4.69) is 20.6 Å². The van der Waals surface area contributed by atoms with Crippen LogP contribution in [-0.4, -0.2) is 46.6 Å². The van der Waals surface area contributed by atoms with Crippen LogP contribution >= 0.6 is 0 Å². The Labute approximate surface area is 181 Å². The second-order valence-electron chi connectivity index (χ2n) is 8.60. The Balaban J connectivity index is 1.34. The molecule has 1 saturated carbocycles. The van der Waals surface area contributed by atoms with E-state index in [9.17, 15) is 4.79 Å². The van der Waals surface area contributed by atoms with Crippen molar-refractivity contribution in [1.29, 1.82) is 5.26 Å². The average molecular weight is 422 g/mol. The topological polar surface area (TPSA) is 116 Å². The van der Waals surface area contributed by atoms with Crippen molar-refractivity contribution >= 4 is 23.4 Å². The number of fused-ring (bicyclic) bond motifs is 1. The van der Waals surface area contributed by atoms with E-state index >= 15 is 0 Å². The van der Waals surface area contributed by atoms with Gasteiger partial charge in [0, 0.05) is 13.1 Å². The second-order valence-corrected chi connectivity index (χ2v) is 8.60. The molecule has 9 nitrogen and oxygen atoms in total. The lowest BCUT2D eigenvalue weighted by Gasteiger charge is -2.38. The number of rotatable bonds is 6. The number of carbonyl (C=O) groups excluding carboxylic acids is 1. The maximum Gasteiger partial charge on any atom is 0.247 e. The number of amides is 1. The maximum absolute atomic E-state index is 12.5. The quantitative estimate of drug-likeness (QED) is 0.731. The minimum atomic E-state index is -0.253. The molecule has 2 aliphatic rings. The fraction of sp³-hybridized carbons (Fsp3) is 0.500. The maximum atomic E-state index is 12.5. The number of ether oxygens (including phenoxy) is 1. The summed E-state index contributed by atoms with van der Waals surface area (Å²) < 4.78 is 5.78. The predicted molar refractivity (Wildman–Crippen MR) is 117 cm³/mol. The summed E-state index contributed by atoms with van der Waals surface area (Å²) in [4.78, 5) is 27.7. The van der Waals surface area contributed by atoms with Gasteiger partial charge in [-0.2, -0.15) is 10.2 Å². The zero-order valence-electron chi connectivity index (χ0n) is 18.2. The molecule has 1 amide bonds. The molecule has 0 unspecified atom stereocenters. The van der Waals surface area contributed by atoms with Gasteiger partial charge < -0.3 is 20.3 Å². The van der Waals surface area contributed by atoms with Gasteiger partial charge >= 0.3 is 0 Å². The smallest absolute Gasteiger partial charge is 0.247 e. The van der Waals surface area contributed by atoms with Gasteiger partial charge in [-0.25, -0.2) is 9.97 Å². The molecule has 1 fully saturated rings. The number of anilines is 3. The van der Waals surface area contributed by atoms with Crippen LogP contribution in [0.2, 0.25) is 0 Å². The number of hydrogen-bond donors (Lipinski definition) is 2. The van der Waals surface area contributed by atoms with Gasteiger partial charge in [-0.05, 0) is 43.7 Å². The molecule has 9 heteroatoms. The SMILES string of the molecule is Cc1nc(N[C@H]2C[C@@H](COc3ccc(C#N)nc3)C2)nc2c1NC(=O)[C@H](C(C)C)N2C. The van der Waals surface area contributed by atoms with E-state index in [0.717, 1.165) is 24.4 Å². The first-order chi connectivity index (χ1) is 14.9. The Bertz CT molecular complexity index is 1010. The molecule has 3 heterocycles. The van der Waals surface area contributed by atoms with E-state index in [1.807, 2.05) is 38.8 Å². The molecule has 0 radical (unpaired) electrons. The Kier molecular flexibility index (Phi) is 5.63. The average Bonchev–Trinajstić information content (AvgIpc) is 2.70. The molecule has 2 N–H and O–H groups in total. The molecule has 162 valence electrons. The van der Waals surface area contributed by atoms with Gasteiger partial charge in [0.25, 0.3) is 0 Å². The third-order valence-corrected chi connectivity index (χ3v) is 5.88. The molecule has 2 aromatic rings. The van der Waals surface area contributed by atoms with Crippen LogP contribution in [0.4, 0.5) is 17.5 Å². The van der Waals surface area contributed by atoms with Crippen LogP contribution in [0.3, 0.4) is 0 Å². The Morgan fingerprint density at radius 1 is 1.35 bits per heavy atom. The van der Waals surface area contributed by atoms with E-state index in [1.165, 1.54) is 0 Å². The van der Waals surface area contributed by atoms with Crippen LogP contribution in [0.25, 0.3) is 0 Å². The first-order valence-corrected chi connectivity index (χ1v) is 10.5. The van der Waals surface area contributed by atoms with E-state index in [4.69, 9.17) is 15.0 Å². The summed E-state index contributed by atoms with van der Waals surface area (Å²) >= 11 is 0. The summed E-state index contributed by atoms with van der Waals surface area (Å²) in [5.74, 6) is 2.61. The van der Waals surface area contributed by atoms with Crippen LogP contribution < -0.4 is 20.3 Å². The van der Waals surface area contributed by atoms with E-state index in [-0.39, 0.29) is 23.9 Å². The van der Waals surface area contributed by atoms with Crippen molar-refractivity contribution < 1.29 is 9.53 Å². The number of nitriles is 1. The molecule has 31 heavy (non-hydrogen) atoms. The van der Waals surface area contributed by atoms with Crippen molar-refractivity contribution in [3.05, 3.63) is 29.7 Å². The van der Waals surface area contributed by atoms with Gasteiger partial charge in [-0.15, -0.1) is 0 Å². The predicted octanol–water partition coefficient (Wildman–Crippen LogP) is 2.73. The van der Waals surface area contributed by atoms with Crippen LogP contribution in [0.5, 0.6) is 5.75 Å². The first-order valence-electron chi connectivity index (χ1n) is 10.5. The molecule has 1 atom stereocenters. The van der Waals surface area contributed by atoms with Crippen molar-refractivity contribution in [1.82, 2.24) is 15.0 Å². The summed E-state index contributed by atoms with van der Waals surface area (Å²) in [7, 11) is 1.91. The third kappa shape index (κ3) is 4.24. The molecule has 1 aliphatic carbocycles. The van der Waals surface area contributed by atoms with Gasteiger partial charge in [0.2, 0.25) is 11.9 Å². The summed E-state index contributed by atoms with van der Waals surface area (Å²) in [6.45, 7) is 6.56. The Morgan fingerprint density at radius 2 is 2.13 bits per heavy atom. The number of nitrogens with one attached hydrogen (secondary N) is 2. The number of aryl methyl sites for hydroxylation is 1. The summed E-state index contributed by atoms with van der Waals surface area (Å²) in [5.41, 5.74) is 1.82. The van der Waals surface area contributed by atoms with Crippen molar-refractivity contribution in [2.75, 3.05) is 29.2 Å². The van der Waals surface area contributed by atoms with Crippen molar-refractivity contribution in [2.45, 2.75) is 45.7 Å². The highest BCUT2D eigenvalue weighted by molar-refractivity contribution is 6.03. The van der Waals surface area contributed by atoms with Gasteiger partial charge in [0.1, 0.15) is 29.2 Å². The van der Waals surface area contributed by atoms with Crippen LogP contribution in [0.15, 0.2) is 18.3 Å². The lowest BCUT2D eigenvalue weighted by atomic mass is 9.81. The molecule has 2 aromatic heterocycles.